The number of esters is 1. The van der Waals surface area contributed by atoms with Crippen molar-refractivity contribution in [1.82, 2.24) is 24.8 Å². The number of carbonyl (C=O) groups is 2. The van der Waals surface area contributed by atoms with Crippen LogP contribution in [0.5, 0.6) is 0 Å². The van der Waals surface area contributed by atoms with Crippen molar-refractivity contribution in [3.63, 3.8) is 0 Å². The molecule has 1 saturated carbocycles. The van der Waals surface area contributed by atoms with Crippen molar-refractivity contribution in [2.75, 3.05) is 33.8 Å². The first-order valence-corrected chi connectivity index (χ1v) is 22.1. The molecule has 4 N–H and O–H groups in total. The van der Waals surface area contributed by atoms with Crippen LogP contribution >= 0.6 is 0 Å². The number of likely N-dealkylation sites (N-methyl/N-ethyl adjacent to an activating group) is 1. The molecular formula is C46H71N5O9. The number of carbonyl (C=O) groups excluding carboxylic acids is 2. The Hall–Kier alpha value is -3.34. The molecule has 2 unspecified atom stereocenters. The molecule has 2 aromatic rings. The maximum Gasteiger partial charge on any atom is 0.308 e. The quantitative estimate of drug-likeness (QED) is 0.187. The van der Waals surface area contributed by atoms with Crippen LogP contribution in [0, 0.1) is 23.7 Å². The van der Waals surface area contributed by atoms with Gasteiger partial charge in [0.25, 0.3) is 0 Å². The van der Waals surface area contributed by atoms with Crippen LogP contribution in [0.15, 0.2) is 60.3 Å². The van der Waals surface area contributed by atoms with Gasteiger partial charge < -0.3 is 39.5 Å². The van der Waals surface area contributed by atoms with Crippen LogP contribution < -0.4 is 0 Å². The Morgan fingerprint density at radius 3 is 2.38 bits per heavy atom. The Morgan fingerprint density at radius 2 is 1.72 bits per heavy atom. The van der Waals surface area contributed by atoms with E-state index >= 15 is 0 Å². The standard InChI is InChI=1S/C46H71N5O9/c1-8-40-35(19-23-52)24-29(2)14-17-38(53)30(3)25-36(18-20-50(27-33-12-10-9-11-13-33)21-22-51-28-37(47-48-51)34-15-16-34)45(31(4)39(54)26-41(55)59-40)60-46-44(57)42(49(6)7)43(56)32(5)58-46/h9-14,17,24,28,30-32,34-36,39-40,42-46,52,54,56-57H,8,15-16,18-23,25-27H2,1-7H3/b17-14+,29-24+/t30-,31+,32-,35+,36+,39-,40-,42?,43-,44?,45-,46+/m1/s1. The fraction of sp³-hybridized carbons (Fsp3) is 0.696. The minimum absolute atomic E-state index is 0.0684. The van der Waals surface area contributed by atoms with Crippen LogP contribution in [-0.2, 0) is 36.9 Å². The smallest absolute Gasteiger partial charge is 0.308 e. The molecule has 0 bridgehead atoms. The number of ether oxygens (including phenoxy) is 3. The van der Waals surface area contributed by atoms with E-state index in [4.69, 9.17) is 14.2 Å². The summed E-state index contributed by atoms with van der Waals surface area (Å²) >= 11 is 0. The number of cyclic esters (lactones) is 1. The van der Waals surface area contributed by atoms with Gasteiger partial charge in [0.2, 0.25) is 0 Å². The predicted molar refractivity (Wildman–Crippen MR) is 227 cm³/mol. The second-order valence-corrected chi connectivity index (χ2v) is 17.8. The van der Waals surface area contributed by atoms with Gasteiger partial charge in [-0.1, -0.05) is 74.0 Å². The van der Waals surface area contributed by atoms with Gasteiger partial charge in [0.1, 0.15) is 12.2 Å². The third-order valence-corrected chi connectivity index (χ3v) is 12.7. The van der Waals surface area contributed by atoms with Gasteiger partial charge in [-0.15, -0.1) is 5.10 Å². The Labute approximate surface area is 356 Å². The second-order valence-electron chi connectivity index (χ2n) is 17.8. The lowest BCUT2D eigenvalue weighted by molar-refractivity contribution is -0.304. The highest BCUT2D eigenvalue weighted by atomic mass is 16.7. The Balaban J connectivity index is 1.50. The number of rotatable bonds is 15. The molecule has 12 atom stereocenters. The van der Waals surface area contributed by atoms with Crippen molar-refractivity contribution in [3.8, 4) is 0 Å². The maximum atomic E-state index is 13.9. The van der Waals surface area contributed by atoms with E-state index in [1.165, 1.54) is 0 Å². The van der Waals surface area contributed by atoms with Gasteiger partial charge in [-0.2, -0.15) is 0 Å². The molecule has 14 heteroatoms. The maximum absolute atomic E-state index is 13.9. The Bertz CT molecular complexity index is 1700. The number of ketones is 1. The van der Waals surface area contributed by atoms with E-state index in [9.17, 15) is 30.0 Å². The molecule has 1 aliphatic carbocycles. The van der Waals surface area contributed by atoms with Gasteiger partial charge in [0.15, 0.2) is 12.1 Å². The minimum atomic E-state index is -1.25. The lowest BCUT2D eigenvalue weighted by Crippen LogP contribution is -2.63. The van der Waals surface area contributed by atoms with Gasteiger partial charge in [-0.25, -0.2) is 0 Å². The summed E-state index contributed by atoms with van der Waals surface area (Å²) in [5.41, 5.74) is 2.99. The van der Waals surface area contributed by atoms with E-state index in [0.717, 1.165) is 29.7 Å². The summed E-state index contributed by atoms with van der Waals surface area (Å²) in [5, 5.41) is 53.3. The summed E-state index contributed by atoms with van der Waals surface area (Å²) < 4.78 is 20.9. The SMILES string of the molecule is CC[C@H]1OC(=O)C[C@@H](O)[C@H](C)[C@@H](O[C@@H]2O[C@H](C)[C@@H](O)C(N(C)C)C2O)[C@@H](CCN(CCn2cc(C3CC3)nn2)Cc2ccccc2)C[C@@H](C)C(=O)/C=C/C(C)=C/[C@@H]1CCO. The number of benzene rings is 1. The summed E-state index contributed by atoms with van der Waals surface area (Å²) in [6, 6.07) is 9.54. The van der Waals surface area contributed by atoms with E-state index in [1.807, 2.05) is 62.8 Å². The lowest BCUT2D eigenvalue weighted by atomic mass is 9.79. The third kappa shape index (κ3) is 13.3. The van der Waals surface area contributed by atoms with Crippen LogP contribution in [0.3, 0.4) is 0 Å². The molecular weight excluding hydrogens is 767 g/mol. The van der Waals surface area contributed by atoms with E-state index in [-0.39, 0.29) is 30.6 Å². The molecule has 2 fully saturated rings. The minimum Gasteiger partial charge on any atom is -0.462 e. The van der Waals surface area contributed by atoms with Gasteiger partial charge in [0, 0.05) is 49.6 Å². The van der Waals surface area contributed by atoms with Crippen molar-refractivity contribution in [1.29, 1.82) is 0 Å². The van der Waals surface area contributed by atoms with Gasteiger partial charge in [-0.3, -0.25) is 19.2 Å². The zero-order valence-electron chi connectivity index (χ0n) is 36.8. The Kier molecular flexibility index (Phi) is 18.0. The predicted octanol–water partition coefficient (Wildman–Crippen LogP) is 4.26. The topological polar surface area (TPSA) is 180 Å². The van der Waals surface area contributed by atoms with Crippen LogP contribution in [-0.4, -0.2) is 140 Å². The van der Waals surface area contributed by atoms with Crippen molar-refractivity contribution >= 4 is 11.8 Å². The zero-order chi connectivity index (χ0) is 43.5. The molecule has 3 heterocycles. The van der Waals surface area contributed by atoms with Gasteiger partial charge in [0.05, 0.1) is 49.1 Å². The van der Waals surface area contributed by atoms with Crippen LogP contribution in [0.25, 0.3) is 0 Å². The lowest BCUT2D eigenvalue weighted by Gasteiger charge is -2.47. The van der Waals surface area contributed by atoms with Crippen LogP contribution in [0.2, 0.25) is 0 Å². The van der Waals surface area contributed by atoms with Crippen molar-refractivity contribution < 1.29 is 44.2 Å². The van der Waals surface area contributed by atoms with E-state index in [2.05, 4.69) is 27.3 Å². The van der Waals surface area contributed by atoms with Crippen LogP contribution in [0.4, 0.5) is 0 Å². The summed E-state index contributed by atoms with van der Waals surface area (Å²) in [7, 11) is 3.55. The summed E-state index contributed by atoms with van der Waals surface area (Å²) in [6.45, 7) is 11.7. The first kappa shape index (κ1) is 47.7. The highest BCUT2D eigenvalue weighted by Crippen LogP contribution is 2.39. The normalized spacial score (nSPS) is 34.0. The number of nitrogens with zero attached hydrogens (tertiary/aromatic N) is 5. The largest absolute Gasteiger partial charge is 0.462 e. The van der Waals surface area contributed by atoms with Crippen LogP contribution in [0.1, 0.15) is 96.7 Å². The fourth-order valence-electron chi connectivity index (χ4n) is 8.80. The summed E-state index contributed by atoms with van der Waals surface area (Å²) in [5.74, 6) is -1.92. The molecule has 0 amide bonds. The summed E-state index contributed by atoms with van der Waals surface area (Å²) in [4.78, 5) is 31.6. The van der Waals surface area contributed by atoms with Crippen molar-refractivity contribution in [2.45, 2.75) is 148 Å². The molecule has 2 aliphatic heterocycles. The average Bonchev–Trinajstić information content (AvgIpc) is 3.96. The first-order valence-electron chi connectivity index (χ1n) is 22.1. The number of allylic oxidation sites excluding steroid dienone is 3. The number of aromatic nitrogens is 3. The first-order chi connectivity index (χ1) is 28.7. The third-order valence-electron chi connectivity index (χ3n) is 12.7. The molecule has 0 spiro atoms. The van der Waals surface area contributed by atoms with Gasteiger partial charge >= 0.3 is 5.97 Å². The second kappa shape index (κ2) is 22.7. The number of hydrogen-bond acceptors (Lipinski definition) is 13. The number of aliphatic hydroxyl groups excluding tert-OH is 4. The molecule has 60 heavy (non-hydrogen) atoms. The Morgan fingerprint density at radius 1 is 0.983 bits per heavy atom. The molecule has 1 aromatic carbocycles. The fourth-order valence-corrected chi connectivity index (χ4v) is 8.80. The highest BCUT2D eigenvalue weighted by Gasteiger charge is 2.47. The molecule has 5 rings (SSSR count). The summed E-state index contributed by atoms with van der Waals surface area (Å²) in [6.07, 6.45) is 4.47. The molecule has 14 nitrogen and oxygen atoms in total. The van der Waals surface area contributed by atoms with Crippen molar-refractivity contribution in [3.05, 3.63) is 71.6 Å². The van der Waals surface area contributed by atoms with Gasteiger partial charge in [-0.05, 0) is 90.6 Å². The zero-order valence-corrected chi connectivity index (χ0v) is 36.8. The van der Waals surface area contributed by atoms with E-state index in [1.54, 1.807) is 38.1 Å². The molecule has 3 aliphatic rings. The molecule has 334 valence electrons. The molecule has 1 saturated heterocycles. The van der Waals surface area contributed by atoms with Crippen molar-refractivity contribution in [2.24, 2.45) is 23.7 Å². The molecule has 1 aromatic heterocycles. The van der Waals surface area contributed by atoms with E-state index < -0.39 is 66.8 Å². The molecule has 0 radical (unpaired) electrons. The monoisotopic (exact) mass is 838 g/mol. The average molecular weight is 838 g/mol. The highest BCUT2D eigenvalue weighted by molar-refractivity contribution is 5.91. The number of aliphatic hydroxyl groups is 4. The number of hydrogen-bond donors (Lipinski definition) is 4. The van der Waals surface area contributed by atoms with E-state index in [0.29, 0.717) is 57.8 Å².